The van der Waals surface area contributed by atoms with Gasteiger partial charge in [-0.3, -0.25) is 0 Å². The Morgan fingerprint density at radius 3 is 2.92 bits per heavy atom. The van der Waals surface area contributed by atoms with Gasteiger partial charge < -0.3 is 4.84 Å². The molecule has 0 fully saturated rings. The fourth-order valence-electron chi connectivity index (χ4n) is 1.05. The van der Waals surface area contributed by atoms with Crippen LogP contribution in [0.4, 0.5) is 0 Å². The molecule has 0 amide bonds. The third-order valence-corrected chi connectivity index (χ3v) is 2.87. The predicted molar refractivity (Wildman–Crippen MR) is 57.1 cm³/mol. The Morgan fingerprint density at radius 1 is 1.54 bits per heavy atom. The van der Waals surface area contributed by atoms with Crippen LogP contribution in [-0.4, -0.2) is 13.4 Å². The minimum Gasteiger partial charge on any atom is -0.305 e. The van der Waals surface area contributed by atoms with E-state index < -0.39 is 0 Å². The minimum absolute atomic E-state index is 0.631. The van der Waals surface area contributed by atoms with E-state index in [1.807, 2.05) is 24.5 Å². The summed E-state index contributed by atoms with van der Waals surface area (Å²) in [6, 6.07) is 5.88. The van der Waals surface area contributed by atoms with E-state index in [2.05, 4.69) is 5.48 Å². The van der Waals surface area contributed by atoms with Crippen molar-refractivity contribution < 1.29 is 4.84 Å². The topological polar surface area (TPSA) is 21.3 Å². The molecule has 1 rings (SSSR count). The highest BCUT2D eigenvalue weighted by atomic mass is 35.5. The molecule has 0 bridgehead atoms. The van der Waals surface area contributed by atoms with Crippen molar-refractivity contribution in [1.29, 1.82) is 0 Å². The molecule has 1 aromatic rings. The minimum atomic E-state index is 0.631. The lowest BCUT2D eigenvalue weighted by atomic mass is 10.2. The zero-order valence-electron chi connectivity index (χ0n) is 7.63. The van der Waals surface area contributed by atoms with Gasteiger partial charge in [0.15, 0.2) is 0 Å². The predicted octanol–water partition coefficient (Wildman–Crippen LogP) is 2.71. The van der Waals surface area contributed by atoms with Gasteiger partial charge in [0, 0.05) is 22.0 Å². The average molecular weight is 218 g/mol. The first-order chi connectivity index (χ1) is 6.29. The Morgan fingerprint density at radius 2 is 2.31 bits per heavy atom. The van der Waals surface area contributed by atoms with E-state index in [1.165, 1.54) is 4.90 Å². The summed E-state index contributed by atoms with van der Waals surface area (Å²) in [7, 11) is 1.59. The lowest BCUT2D eigenvalue weighted by Crippen LogP contribution is -2.11. The Labute approximate surface area is 87.6 Å². The molecule has 0 aromatic heterocycles. The molecule has 72 valence electrons. The van der Waals surface area contributed by atoms with Crippen molar-refractivity contribution in [3.05, 3.63) is 28.8 Å². The van der Waals surface area contributed by atoms with Gasteiger partial charge in [-0.1, -0.05) is 17.7 Å². The normalized spacial score (nSPS) is 10.4. The zero-order chi connectivity index (χ0) is 9.68. The SMILES string of the molecule is CONCc1c(Cl)cccc1SC. The van der Waals surface area contributed by atoms with Crippen LogP contribution in [0.5, 0.6) is 0 Å². The molecule has 1 N–H and O–H groups in total. The molecule has 0 aliphatic carbocycles. The highest BCUT2D eigenvalue weighted by molar-refractivity contribution is 7.98. The Bertz CT molecular complexity index is 280. The van der Waals surface area contributed by atoms with E-state index in [4.69, 9.17) is 16.4 Å². The molecule has 0 heterocycles. The fraction of sp³-hybridized carbons (Fsp3) is 0.333. The number of hydrogen-bond donors (Lipinski definition) is 1. The van der Waals surface area contributed by atoms with Crippen LogP contribution in [0, 0.1) is 0 Å². The highest BCUT2D eigenvalue weighted by Gasteiger charge is 2.04. The Balaban J connectivity index is 2.87. The third kappa shape index (κ3) is 2.88. The maximum Gasteiger partial charge on any atom is 0.0572 e. The second-order valence-corrected chi connectivity index (χ2v) is 3.70. The van der Waals surface area contributed by atoms with Gasteiger partial charge in [0.2, 0.25) is 0 Å². The van der Waals surface area contributed by atoms with Crippen molar-refractivity contribution in [2.24, 2.45) is 0 Å². The third-order valence-electron chi connectivity index (χ3n) is 1.69. The van der Waals surface area contributed by atoms with E-state index in [0.717, 1.165) is 10.6 Å². The van der Waals surface area contributed by atoms with Crippen molar-refractivity contribution >= 4 is 23.4 Å². The van der Waals surface area contributed by atoms with E-state index in [9.17, 15) is 0 Å². The van der Waals surface area contributed by atoms with E-state index >= 15 is 0 Å². The first-order valence-corrected chi connectivity index (χ1v) is 5.47. The number of thioether (sulfide) groups is 1. The molecular formula is C9H12ClNOS. The highest BCUT2D eigenvalue weighted by Crippen LogP contribution is 2.26. The van der Waals surface area contributed by atoms with Crippen LogP contribution in [-0.2, 0) is 11.4 Å². The van der Waals surface area contributed by atoms with Crippen molar-refractivity contribution in [2.45, 2.75) is 11.4 Å². The molecule has 2 nitrogen and oxygen atoms in total. The summed E-state index contributed by atoms with van der Waals surface area (Å²) in [5.74, 6) is 0. The number of rotatable bonds is 4. The van der Waals surface area contributed by atoms with Crippen molar-refractivity contribution in [3.8, 4) is 0 Å². The van der Waals surface area contributed by atoms with Crippen molar-refractivity contribution in [3.63, 3.8) is 0 Å². The maximum absolute atomic E-state index is 6.04. The summed E-state index contributed by atoms with van der Waals surface area (Å²) in [6.07, 6.45) is 2.03. The van der Waals surface area contributed by atoms with Gasteiger partial charge >= 0.3 is 0 Å². The Kier molecular flexibility index (Phi) is 4.59. The summed E-state index contributed by atoms with van der Waals surface area (Å²) < 4.78 is 0. The smallest absolute Gasteiger partial charge is 0.0572 e. The van der Waals surface area contributed by atoms with Gasteiger partial charge in [0.25, 0.3) is 0 Å². The standard InChI is InChI=1S/C9H12ClNOS/c1-12-11-6-7-8(10)4-3-5-9(7)13-2/h3-5,11H,6H2,1-2H3. The fourth-order valence-corrected chi connectivity index (χ4v) is 1.99. The molecule has 0 radical (unpaired) electrons. The van der Waals surface area contributed by atoms with Gasteiger partial charge in [-0.15, -0.1) is 11.8 Å². The summed E-state index contributed by atoms with van der Waals surface area (Å²) in [5.41, 5.74) is 3.86. The van der Waals surface area contributed by atoms with Crippen LogP contribution in [0.3, 0.4) is 0 Å². The molecule has 0 saturated carbocycles. The molecule has 0 atom stereocenters. The van der Waals surface area contributed by atoms with Gasteiger partial charge in [0.05, 0.1) is 7.11 Å². The second kappa shape index (κ2) is 5.50. The Hall–Kier alpha value is -0.220. The molecule has 0 aliphatic heterocycles. The van der Waals surface area contributed by atoms with Crippen LogP contribution in [0.15, 0.2) is 23.1 Å². The van der Waals surface area contributed by atoms with Gasteiger partial charge in [-0.2, -0.15) is 5.48 Å². The van der Waals surface area contributed by atoms with Crippen LogP contribution in [0.25, 0.3) is 0 Å². The molecule has 4 heteroatoms. The maximum atomic E-state index is 6.04. The lowest BCUT2D eigenvalue weighted by molar-refractivity contribution is 0.0862. The molecule has 0 unspecified atom stereocenters. The van der Waals surface area contributed by atoms with Crippen LogP contribution < -0.4 is 5.48 Å². The van der Waals surface area contributed by atoms with Crippen LogP contribution >= 0.6 is 23.4 Å². The van der Waals surface area contributed by atoms with Gasteiger partial charge in [0.1, 0.15) is 0 Å². The summed E-state index contributed by atoms with van der Waals surface area (Å²) in [5, 5.41) is 0.774. The first-order valence-electron chi connectivity index (χ1n) is 3.86. The average Bonchev–Trinajstić information content (AvgIpc) is 2.15. The van der Waals surface area contributed by atoms with Gasteiger partial charge in [-0.25, -0.2) is 0 Å². The summed E-state index contributed by atoms with van der Waals surface area (Å²) in [4.78, 5) is 5.96. The first kappa shape index (κ1) is 10.9. The quantitative estimate of drug-likeness (QED) is 0.619. The van der Waals surface area contributed by atoms with Crippen LogP contribution in [0.2, 0.25) is 5.02 Å². The van der Waals surface area contributed by atoms with Gasteiger partial charge in [-0.05, 0) is 18.4 Å². The number of hydroxylamine groups is 1. The molecule has 13 heavy (non-hydrogen) atoms. The van der Waals surface area contributed by atoms with E-state index in [0.29, 0.717) is 6.54 Å². The van der Waals surface area contributed by atoms with E-state index in [1.54, 1.807) is 18.9 Å². The molecule has 0 spiro atoms. The summed E-state index contributed by atoms with van der Waals surface area (Å²) in [6.45, 7) is 0.631. The number of halogens is 1. The molecule has 1 aromatic carbocycles. The largest absolute Gasteiger partial charge is 0.305 e. The number of benzene rings is 1. The number of hydrogen-bond acceptors (Lipinski definition) is 3. The molecule has 0 aliphatic rings. The molecular weight excluding hydrogens is 206 g/mol. The monoisotopic (exact) mass is 217 g/mol. The zero-order valence-corrected chi connectivity index (χ0v) is 9.21. The lowest BCUT2D eigenvalue weighted by Gasteiger charge is -2.09. The van der Waals surface area contributed by atoms with E-state index in [-0.39, 0.29) is 0 Å². The molecule has 0 saturated heterocycles. The number of nitrogens with one attached hydrogen (secondary N) is 1. The summed E-state index contributed by atoms with van der Waals surface area (Å²) >= 11 is 7.72. The van der Waals surface area contributed by atoms with Crippen LogP contribution in [0.1, 0.15) is 5.56 Å². The van der Waals surface area contributed by atoms with Crippen molar-refractivity contribution in [1.82, 2.24) is 5.48 Å². The second-order valence-electron chi connectivity index (χ2n) is 2.45. The van der Waals surface area contributed by atoms with Crippen molar-refractivity contribution in [2.75, 3.05) is 13.4 Å².